The molecule has 0 spiro atoms. The van der Waals surface area contributed by atoms with Gasteiger partial charge in [0.15, 0.2) is 0 Å². The molecule has 0 saturated carbocycles. The highest BCUT2D eigenvalue weighted by Crippen LogP contribution is 2.26. The van der Waals surface area contributed by atoms with E-state index in [1.807, 2.05) is 24.3 Å². The van der Waals surface area contributed by atoms with Crippen LogP contribution in [0, 0.1) is 5.92 Å². The van der Waals surface area contributed by atoms with Gasteiger partial charge in [-0.15, -0.1) is 0 Å². The molecular weight excluding hydrogens is 466 g/mol. The molecule has 30 heavy (non-hydrogen) atoms. The van der Waals surface area contributed by atoms with Gasteiger partial charge in [-0.2, -0.15) is 0 Å². The average Bonchev–Trinajstić information content (AvgIpc) is 2.69. The molecule has 2 aromatic rings. The molecule has 0 bridgehead atoms. The molecule has 1 unspecified atom stereocenters. The van der Waals surface area contributed by atoms with E-state index >= 15 is 0 Å². The lowest BCUT2D eigenvalue weighted by molar-refractivity contribution is 0.102. The molecule has 1 heterocycles. The van der Waals surface area contributed by atoms with E-state index in [4.69, 9.17) is 0 Å². The number of sulfonamides is 1. The molecular formula is C22H28BrN3O3S. The number of benzene rings is 2. The number of nitrogens with one attached hydrogen (secondary N) is 1. The van der Waals surface area contributed by atoms with Crippen molar-refractivity contribution < 1.29 is 13.2 Å². The number of nitrogens with zero attached hydrogens (tertiary/aromatic N) is 2. The van der Waals surface area contributed by atoms with E-state index < -0.39 is 10.0 Å². The fourth-order valence-corrected chi connectivity index (χ4v) is 5.47. The normalized spacial score (nSPS) is 17.8. The second-order valence-corrected chi connectivity index (χ2v) is 11.0. The summed E-state index contributed by atoms with van der Waals surface area (Å²) in [6.07, 6.45) is 2.54. The van der Waals surface area contributed by atoms with Crippen LogP contribution in [0.25, 0.3) is 0 Å². The van der Waals surface area contributed by atoms with Crippen LogP contribution in [0.3, 0.4) is 0 Å². The lowest BCUT2D eigenvalue weighted by Gasteiger charge is -2.30. The zero-order valence-electron chi connectivity index (χ0n) is 17.6. The number of halogens is 1. The third-order valence-corrected chi connectivity index (χ3v) is 8.12. The molecule has 1 aliphatic heterocycles. The third-order valence-electron chi connectivity index (χ3n) is 5.31. The van der Waals surface area contributed by atoms with Crippen molar-refractivity contribution in [1.82, 2.24) is 9.21 Å². The van der Waals surface area contributed by atoms with E-state index in [1.165, 1.54) is 38.6 Å². The first kappa shape index (κ1) is 22.9. The van der Waals surface area contributed by atoms with Gasteiger partial charge in [-0.1, -0.05) is 19.1 Å². The Balaban J connectivity index is 1.69. The summed E-state index contributed by atoms with van der Waals surface area (Å²) in [6, 6.07) is 12.4. The SMILES string of the molecule is CC1CCCN(Cc2ccc(NC(=O)c3ccc(Br)c(S(=O)(=O)N(C)C)c3)cc2)C1. The van der Waals surface area contributed by atoms with Crippen molar-refractivity contribution in [3.05, 3.63) is 58.1 Å². The molecule has 0 aromatic heterocycles. The van der Waals surface area contributed by atoms with Crippen LogP contribution < -0.4 is 5.32 Å². The van der Waals surface area contributed by atoms with E-state index in [-0.39, 0.29) is 16.4 Å². The molecule has 0 aliphatic carbocycles. The fourth-order valence-electron chi connectivity index (χ4n) is 3.62. The molecule has 162 valence electrons. The Hall–Kier alpha value is -1.74. The predicted molar refractivity (Wildman–Crippen MR) is 123 cm³/mol. The first-order valence-corrected chi connectivity index (χ1v) is 12.2. The van der Waals surface area contributed by atoms with E-state index in [2.05, 4.69) is 33.1 Å². The van der Waals surface area contributed by atoms with Gasteiger partial charge in [-0.05, 0) is 77.1 Å². The van der Waals surface area contributed by atoms with Gasteiger partial charge < -0.3 is 5.32 Å². The number of amides is 1. The Morgan fingerprint density at radius 1 is 1.20 bits per heavy atom. The molecule has 1 fully saturated rings. The molecule has 1 amide bonds. The van der Waals surface area contributed by atoms with Gasteiger partial charge in [0.1, 0.15) is 0 Å². The Labute approximate surface area is 187 Å². The zero-order chi connectivity index (χ0) is 21.9. The summed E-state index contributed by atoms with van der Waals surface area (Å²) >= 11 is 3.26. The standard InChI is InChI=1S/C22H28BrN3O3S/c1-16-5-4-12-26(14-16)15-17-6-9-19(10-7-17)24-22(27)18-8-11-20(23)21(13-18)30(28,29)25(2)3/h6-11,13,16H,4-5,12,14-15H2,1-3H3,(H,24,27). The van der Waals surface area contributed by atoms with Gasteiger partial charge in [-0.25, -0.2) is 12.7 Å². The largest absolute Gasteiger partial charge is 0.322 e. The highest BCUT2D eigenvalue weighted by atomic mass is 79.9. The predicted octanol–water partition coefficient (Wildman–Crippen LogP) is 4.18. The molecule has 1 aliphatic rings. The zero-order valence-corrected chi connectivity index (χ0v) is 20.0. The van der Waals surface area contributed by atoms with Crippen LogP contribution in [-0.4, -0.2) is 50.7 Å². The maximum atomic E-state index is 12.7. The van der Waals surface area contributed by atoms with Crippen LogP contribution in [0.15, 0.2) is 51.8 Å². The van der Waals surface area contributed by atoms with Crippen LogP contribution in [0.4, 0.5) is 5.69 Å². The first-order valence-electron chi connectivity index (χ1n) is 10.0. The summed E-state index contributed by atoms with van der Waals surface area (Å²) in [4.78, 5) is 15.2. The van der Waals surface area contributed by atoms with Gasteiger partial charge in [0.2, 0.25) is 10.0 Å². The molecule has 1 saturated heterocycles. The topological polar surface area (TPSA) is 69.7 Å². The van der Waals surface area contributed by atoms with Gasteiger partial charge >= 0.3 is 0 Å². The summed E-state index contributed by atoms with van der Waals surface area (Å²) in [7, 11) is -0.741. The monoisotopic (exact) mass is 493 g/mol. The number of hydrogen-bond acceptors (Lipinski definition) is 4. The van der Waals surface area contributed by atoms with E-state index in [0.717, 1.165) is 29.9 Å². The number of piperidine rings is 1. The van der Waals surface area contributed by atoms with Crippen molar-refractivity contribution in [2.45, 2.75) is 31.2 Å². The second-order valence-electron chi connectivity index (χ2n) is 8.07. The fraction of sp³-hybridized carbons (Fsp3) is 0.409. The summed E-state index contributed by atoms with van der Waals surface area (Å²) in [5.41, 5.74) is 2.17. The summed E-state index contributed by atoms with van der Waals surface area (Å²) in [6.45, 7) is 5.46. The van der Waals surface area contributed by atoms with E-state index in [1.54, 1.807) is 12.1 Å². The number of likely N-dealkylation sites (tertiary alicyclic amines) is 1. The highest BCUT2D eigenvalue weighted by molar-refractivity contribution is 9.10. The maximum absolute atomic E-state index is 12.7. The van der Waals surface area contributed by atoms with Crippen molar-refractivity contribution in [2.75, 3.05) is 32.5 Å². The quantitative estimate of drug-likeness (QED) is 0.654. The van der Waals surface area contributed by atoms with Gasteiger partial charge in [0.05, 0.1) is 4.90 Å². The highest BCUT2D eigenvalue weighted by Gasteiger charge is 2.22. The summed E-state index contributed by atoms with van der Waals surface area (Å²) in [5.74, 6) is 0.389. The molecule has 1 N–H and O–H groups in total. The molecule has 6 nitrogen and oxygen atoms in total. The van der Waals surface area contributed by atoms with E-state index in [0.29, 0.717) is 10.2 Å². The maximum Gasteiger partial charge on any atom is 0.255 e. The average molecular weight is 494 g/mol. The van der Waals surface area contributed by atoms with E-state index in [9.17, 15) is 13.2 Å². The van der Waals surface area contributed by atoms with Crippen molar-refractivity contribution in [3.63, 3.8) is 0 Å². The number of rotatable bonds is 6. The molecule has 2 aromatic carbocycles. The van der Waals surface area contributed by atoms with Crippen LogP contribution in [0.5, 0.6) is 0 Å². The minimum absolute atomic E-state index is 0.0613. The van der Waals surface area contributed by atoms with Crippen molar-refractivity contribution in [3.8, 4) is 0 Å². The first-order chi connectivity index (χ1) is 14.2. The molecule has 1 atom stereocenters. The molecule has 3 rings (SSSR count). The minimum atomic E-state index is -3.66. The number of anilines is 1. The van der Waals surface area contributed by atoms with Crippen molar-refractivity contribution in [1.29, 1.82) is 0 Å². The lowest BCUT2D eigenvalue weighted by Crippen LogP contribution is -2.33. The Morgan fingerprint density at radius 2 is 1.90 bits per heavy atom. The van der Waals surface area contributed by atoms with Crippen LogP contribution in [-0.2, 0) is 16.6 Å². The number of carbonyl (C=O) groups excluding carboxylic acids is 1. The molecule has 8 heteroatoms. The Bertz CT molecular complexity index is 1010. The van der Waals surface area contributed by atoms with Crippen LogP contribution >= 0.6 is 15.9 Å². The van der Waals surface area contributed by atoms with Crippen molar-refractivity contribution in [2.24, 2.45) is 5.92 Å². The van der Waals surface area contributed by atoms with Crippen LogP contribution in [0.2, 0.25) is 0 Å². The summed E-state index contributed by atoms with van der Waals surface area (Å²) in [5, 5.41) is 2.85. The smallest absolute Gasteiger partial charge is 0.255 e. The molecule has 0 radical (unpaired) electrons. The van der Waals surface area contributed by atoms with Gasteiger partial charge in [-0.3, -0.25) is 9.69 Å². The third kappa shape index (κ3) is 5.49. The Morgan fingerprint density at radius 3 is 2.53 bits per heavy atom. The second kappa shape index (κ2) is 9.60. The van der Waals surface area contributed by atoms with Gasteiger partial charge in [0.25, 0.3) is 5.91 Å². The van der Waals surface area contributed by atoms with Crippen LogP contribution in [0.1, 0.15) is 35.7 Å². The number of hydrogen-bond donors (Lipinski definition) is 1. The number of carbonyl (C=O) groups is 1. The Kier molecular flexibility index (Phi) is 7.34. The summed E-state index contributed by atoms with van der Waals surface area (Å²) < 4.78 is 26.5. The van der Waals surface area contributed by atoms with Crippen molar-refractivity contribution >= 4 is 37.5 Å². The lowest BCUT2D eigenvalue weighted by atomic mass is 10.00. The van der Waals surface area contributed by atoms with Gasteiger partial charge in [0, 0.05) is 42.9 Å². The minimum Gasteiger partial charge on any atom is -0.322 e.